The van der Waals surface area contributed by atoms with Crippen LogP contribution in [0, 0.1) is 0 Å². The number of carbonyl (C=O) groups excluding carboxylic acids is 2. The molecule has 0 bridgehead atoms. The number of carbonyl (C=O) groups is 2. The molecule has 4 nitrogen and oxygen atoms in total. The van der Waals surface area contributed by atoms with E-state index in [4.69, 9.17) is 5.73 Å². The van der Waals surface area contributed by atoms with Gasteiger partial charge in [-0.25, -0.2) is 0 Å². The van der Waals surface area contributed by atoms with Gasteiger partial charge in [-0.15, -0.1) is 0 Å². The van der Waals surface area contributed by atoms with Crippen molar-refractivity contribution in [1.29, 1.82) is 0 Å². The molecule has 0 aromatic heterocycles. The lowest BCUT2D eigenvalue weighted by Gasteiger charge is -2.03. The van der Waals surface area contributed by atoms with Crippen molar-refractivity contribution >= 4 is 11.7 Å². The minimum absolute atomic E-state index is 0.0308. The first-order valence-electron chi connectivity index (χ1n) is 5.13. The Morgan fingerprint density at radius 1 is 1.14 bits per heavy atom. The second kappa shape index (κ2) is 8.69. The van der Waals surface area contributed by atoms with E-state index < -0.39 is 0 Å². The van der Waals surface area contributed by atoms with Crippen LogP contribution in [-0.2, 0) is 9.59 Å². The number of Topliss-reactive ketones (excluding diaryl/α,β-unsaturated/α-hetero) is 1. The second-order valence-corrected chi connectivity index (χ2v) is 3.40. The van der Waals surface area contributed by atoms with Crippen LogP contribution >= 0.6 is 0 Å². The molecule has 0 rings (SSSR count). The van der Waals surface area contributed by atoms with E-state index in [1.54, 1.807) is 0 Å². The molecule has 0 aliphatic carbocycles. The third-order valence-electron chi connectivity index (χ3n) is 1.91. The van der Waals surface area contributed by atoms with E-state index in [1.165, 1.54) is 6.92 Å². The van der Waals surface area contributed by atoms with E-state index in [-0.39, 0.29) is 11.7 Å². The van der Waals surface area contributed by atoms with Crippen molar-refractivity contribution in [3.63, 3.8) is 0 Å². The molecule has 0 aliphatic heterocycles. The van der Waals surface area contributed by atoms with Crippen LogP contribution in [-0.4, -0.2) is 24.8 Å². The molecule has 0 radical (unpaired) electrons. The summed E-state index contributed by atoms with van der Waals surface area (Å²) >= 11 is 0. The Balaban J connectivity index is 3.24. The number of rotatable bonds is 8. The van der Waals surface area contributed by atoms with Gasteiger partial charge in [0, 0.05) is 19.4 Å². The van der Waals surface area contributed by atoms with Crippen LogP contribution in [0.15, 0.2) is 0 Å². The van der Waals surface area contributed by atoms with Gasteiger partial charge in [-0.1, -0.05) is 6.42 Å². The first-order chi connectivity index (χ1) is 6.66. The van der Waals surface area contributed by atoms with E-state index in [9.17, 15) is 9.59 Å². The fourth-order valence-corrected chi connectivity index (χ4v) is 1.07. The van der Waals surface area contributed by atoms with E-state index in [0.29, 0.717) is 25.9 Å². The third-order valence-corrected chi connectivity index (χ3v) is 1.91. The third kappa shape index (κ3) is 9.19. The Bertz CT molecular complexity index is 181. The largest absolute Gasteiger partial charge is 0.356 e. The Kier molecular flexibility index (Phi) is 8.13. The van der Waals surface area contributed by atoms with Gasteiger partial charge in [-0.3, -0.25) is 9.59 Å². The molecule has 0 saturated carbocycles. The highest BCUT2D eigenvalue weighted by molar-refractivity contribution is 5.78. The van der Waals surface area contributed by atoms with Crippen molar-refractivity contribution < 1.29 is 9.59 Å². The molecule has 1 amide bonds. The Hall–Kier alpha value is -0.900. The van der Waals surface area contributed by atoms with Crippen LogP contribution in [0.1, 0.15) is 39.0 Å². The highest BCUT2D eigenvalue weighted by Gasteiger charge is 2.00. The van der Waals surface area contributed by atoms with Gasteiger partial charge in [-0.05, 0) is 26.3 Å². The Morgan fingerprint density at radius 3 is 2.43 bits per heavy atom. The number of nitrogens with one attached hydrogen (secondary N) is 1. The van der Waals surface area contributed by atoms with Gasteiger partial charge >= 0.3 is 0 Å². The first-order valence-corrected chi connectivity index (χ1v) is 5.13. The molecular weight excluding hydrogens is 180 g/mol. The molecule has 0 unspecified atom stereocenters. The van der Waals surface area contributed by atoms with Gasteiger partial charge in [0.1, 0.15) is 5.78 Å². The van der Waals surface area contributed by atoms with Crippen molar-refractivity contribution in [2.75, 3.05) is 13.1 Å². The molecule has 4 heteroatoms. The maximum Gasteiger partial charge on any atom is 0.220 e. The van der Waals surface area contributed by atoms with Gasteiger partial charge < -0.3 is 11.1 Å². The minimum atomic E-state index is 0.0308. The molecule has 0 aromatic rings. The second-order valence-electron chi connectivity index (χ2n) is 3.40. The summed E-state index contributed by atoms with van der Waals surface area (Å²) in [6.07, 6.45) is 3.81. The van der Waals surface area contributed by atoms with Gasteiger partial charge in [0.05, 0.1) is 0 Å². The molecule has 0 aromatic carbocycles. The topological polar surface area (TPSA) is 72.2 Å². The number of unbranched alkanes of at least 4 members (excludes halogenated alkanes) is 2. The summed E-state index contributed by atoms with van der Waals surface area (Å²) in [5, 5.41) is 2.70. The van der Waals surface area contributed by atoms with E-state index in [2.05, 4.69) is 5.32 Å². The van der Waals surface area contributed by atoms with Crippen molar-refractivity contribution in [3.8, 4) is 0 Å². The SMILES string of the molecule is CC(=O)CCNC(=O)CCCCCN. The zero-order valence-electron chi connectivity index (χ0n) is 8.84. The molecule has 0 aliphatic rings. The molecule has 0 heterocycles. The van der Waals surface area contributed by atoms with Gasteiger partial charge in [0.15, 0.2) is 0 Å². The highest BCUT2D eigenvalue weighted by atomic mass is 16.1. The molecular formula is C10H20N2O2. The molecule has 14 heavy (non-hydrogen) atoms. The van der Waals surface area contributed by atoms with Crippen LogP contribution in [0.5, 0.6) is 0 Å². The van der Waals surface area contributed by atoms with Crippen LogP contribution in [0.25, 0.3) is 0 Å². The predicted octanol–water partition coefficient (Wildman–Crippen LogP) is 0.601. The minimum Gasteiger partial charge on any atom is -0.356 e. The van der Waals surface area contributed by atoms with Gasteiger partial charge in [0.25, 0.3) is 0 Å². The Morgan fingerprint density at radius 2 is 1.86 bits per heavy atom. The van der Waals surface area contributed by atoms with Crippen LogP contribution in [0.2, 0.25) is 0 Å². The summed E-state index contributed by atoms with van der Waals surface area (Å²) in [6.45, 7) is 2.67. The quantitative estimate of drug-likeness (QED) is 0.564. The summed E-state index contributed by atoms with van der Waals surface area (Å²) < 4.78 is 0. The maximum atomic E-state index is 11.1. The van der Waals surface area contributed by atoms with Gasteiger partial charge in [-0.2, -0.15) is 0 Å². The fraction of sp³-hybridized carbons (Fsp3) is 0.800. The zero-order valence-corrected chi connectivity index (χ0v) is 8.84. The van der Waals surface area contributed by atoms with Crippen LogP contribution in [0.4, 0.5) is 0 Å². The summed E-state index contributed by atoms with van der Waals surface area (Å²) in [7, 11) is 0. The van der Waals surface area contributed by atoms with Crippen molar-refractivity contribution in [2.45, 2.75) is 39.0 Å². The molecule has 82 valence electrons. The molecule has 0 fully saturated rings. The summed E-state index contributed by atoms with van der Waals surface area (Å²) in [4.78, 5) is 21.7. The van der Waals surface area contributed by atoms with Crippen LogP contribution in [0.3, 0.4) is 0 Å². The van der Waals surface area contributed by atoms with E-state index in [1.807, 2.05) is 0 Å². The predicted molar refractivity (Wildman–Crippen MR) is 55.8 cm³/mol. The average Bonchev–Trinajstić information content (AvgIpc) is 2.12. The number of hydrogen-bond acceptors (Lipinski definition) is 3. The molecule has 0 atom stereocenters. The van der Waals surface area contributed by atoms with Crippen LogP contribution < -0.4 is 11.1 Å². The summed E-state index contributed by atoms with van der Waals surface area (Å²) in [5.74, 6) is 0.136. The standard InChI is InChI=1S/C10H20N2O2/c1-9(13)6-8-12-10(14)5-3-2-4-7-11/h2-8,11H2,1H3,(H,12,14). The lowest BCUT2D eigenvalue weighted by atomic mass is 10.2. The number of amides is 1. The van der Waals surface area contributed by atoms with Gasteiger partial charge in [0.2, 0.25) is 5.91 Å². The number of hydrogen-bond donors (Lipinski definition) is 2. The smallest absolute Gasteiger partial charge is 0.220 e. The molecule has 3 N–H and O–H groups in total. The molecule has 0 saturated heterocycles. The van der Waals surface area contributed by atoms with E-state index in [0.717, 1.165) is 19.3 Å². The maximum absolute atomic E-state index is 11.1. The number of ketones is 1. The van der Waals surface area contributed by atoms with Crippen molar-refractivity contribution in [1.82, 2.24) is 5.32 Å². The lowest BCUT2D eigenvalue weighted by Crippen LogP contribution is -2.25. The average molecular weight is 200 g/mol. The normalized spacial score (nSPS) is 9.86. The summed E-state index contributed by atoms with van der Waals surface area (Å²) in [6, 6.07) is 0. The monoisotopic (exact) mass is 200 g/mol. The molecule has 0 spiro atoms. The van der Waals surface area contributed by atoms with Crippen molar-refractivity contribution in [3.05, 3.63) is 0 Å². The zero-order chi connectivity index (χ0) is 10.8. The Labute approximate surface area is 85.2 Å². The summed E-state index contributed by atoms with van der Waals surface area (Å²) in [5.41, 5.74) is 5.32. The first kappa shape index (κ1) is 13.1. The fourth-order valence-electron chi connectivity index (χ4n) is 1.07. The van der Waals surface area contributed by atoms with E-state index >= 15 is 0 Å². The van der Waals surface area contributed by atoms with Crippen molar-refractivity contribution in [2.24, 2.45) is 5.73 Å². The number of nitrogens with two attached hydrogens (primary N) is 1. The highest BCUT2D eigenvalue weighted by Crippen LogP contribution is 1.98. The lowest BCUT2D eigenvalue weighted by molar-refractivity contribution is -0.121.